The fourth-order valence-electron chi connectivity index (χ4n) is 2.17. The molecular formula is C12H18N4O2. The van der Waals surface area contributed by atoms with Gasteiger partial charge in [0.05, 0.1) is 11.9 Å². The molecular weight excluding hydrogens is 232 g/mol. The molecule has 0 radical (unpaired) electrons. The topological polar surface area (TPSA) is 86.9 Å². The standard InChI is InChI=1S/C12H18N4O2/c17-11(16-10-7-14-15-8-10)5-6-13-12(18)9-3-1-2-4-9/h7-9H,1-6H2,(H,13,18)(H,14,15)(H,16,17). The van der Waals surface area contributed by atoms with E-state index in [1.807, 2.05) is 0 Å². The van der Waals surface area contributed by atoms with Gasteiger partial charge in [0.2, 0.25) is 11.8 Å². The van der Waals surface area contributed by atoms with Gasteiger partial charge in [0, 0.05) is 25.1 Å². The van der Waals surface area contributed by atoms with E-state index < -0.39 is 0 Å². The Morgan fingerprint density at radius 2 is 2.17 bits per heavy atom. The van der Waals surface area contributed by atoms with Gasteiger partial charge < -0.3 is 10.6 Å². The molecule has 1 heterocycles. The predicted molar refractivity (Wildman–Crippen MR) is 66.8 cm³/mol. The van der Waals surface area contributed by atoms with Gasteiger partial charge in [0.1, 0.15) is 0 Å². The van der Waals surface area contributed by atoms with Gasteiger partial charge >= 0.3 is 0 Å². The van der Waals surface area contributed by atoms with E-state index in [0.717, 1.165) is 25.7 Å². The third-order valence-electron chi connectivity index (χ3n) is 3.16. The van der Waals surface area contributed by atoms with Crippen LogP contribution in [0.2, 0.25) is 0 Å². The molecule has 0 bridgehead atoms. The van der Waals surface area contributed by atoms with Crippen LogP contribution in [-0.4, -0.2) is 28.6 Å². The summed E-state index contributed by atoms with van der Waals surface area (Å²) in [6, 6.07) is 0. The van der Waals surface area contributed by atoms with Crippen LogP contribution in [0.1, 0.15) is 32.1 Å². The van der Waals surface area contributed by atoms with Crippen molar-refractivity contribution in [3.63, 3.8) is 0 Å². The highest BCUT2D eigenvalue weighted by atomic mass is 16.2. The Labute approximate surface area is 106 Å². The first kappa shape index (κ1) is 12.6. The van der Waals surface area contributed by atoms with E-state index in [4.69, 9.17) is 0 Å². The molecule has 0 unspecified atom stereocenters. The molecule has 6 nitrogen and oxygen atoms in total. The normalized spacial score (nSPS) is 15.6. The number of H-pyrrole nitrogens is 1. The Bertz CT molecular complexity index is 396. The van der Waals surface area contributed by atoms with E-state index in [1.165, 1.54) is 6.20 Å². The minimum Gasteiger partial charge on any atom is -0.355 e. The molecule has 0 saturated heterocycles. The summed E-state index contributed by atoms with van der Waals surface area (Å²) >= 11 is 0. The Morgan fingerprint density at radius 3 is 2.83 bits per heavy atom. The molecule has 0 atom stereocenters. The Morgan fingerprint density at radius 1 is 1.39 bits per heavy atom. The molecule has 98 valence electrons. The van der Waals surface area contributed by atoms with Crippen molar-refractivity contribution in [3.8, 4) is 0 Å². The summed E-state index contributed by atoms with van der Waals surface area (Å²) in [5.41, 5.74) is 0.641. The van der Waals surface area contributed by atoms with Gasteiger partial charge in [-0.05, 0) is 12.8 Å². The van der Waals surface area contributed by atoms with Crippen molar-refractivity contribution >= 4 is 17.5 Å². The number of nitrogens with zero attached hydrogens (tertiary/aromatic N) is 1. The SMILES string of the molecule is O=C(CCNC(=O)C1CCCC1)Nc1cn[nH]c1. The maximum Gasteiger partial charge on any atom is 0.226 e. The number of rotatable bonds is 5. The van der Waals surface area contributed by atoms with Crippen LogP contribution in [0.3, 0.4) is 0 Å². The smallest absolute Gasteiger partial charge is 0.226 e. The molecule has 1 saturated carbocycles. The lowest BCUT2D eigenvalue weighted by molar-refractivity contribution is -0.124. The first-order valence-electron chi connectivity index (χ1n) is 6.32. The number of hydrogen-bond acceptors (Lipinski definition) is 3. The van der Waals surface area contributed by atoms with Gasteiger partial charge in [-0.3, -0.25) is 14.7 Å². The number of carbonyl (C=O) groups excluding carboxylic acids is 2. The van der Waals surface area contributed by atoms with Gasteiger partial charge in [0.15, 0.2) is 0 Å². The zero-order valence-corrected chi connectivity index (χ0v) is 10.2. The number of nitrogens with one attached hydrogen (secondary N) is 3. The van der Waals surface area contributed by atoms with E-state index >= 15 is 0 Å². The van der Waals surface area contributed by atoms with Crippen LogP contribution in [0, 0.1) is 5.92 Å². The molecule has 18 heavy (non-hydrogen) atoms. The molecule has 0 spiro atoms. The molecule has 2 rings (SSSR count). The van der Waals surface area contributed by atoms with E-state index in [0.29, 0.717) is 12.2 Å². The second-order valence-electron chi connectivity index (χ2n) is 4.56. The van der Waals surface area contributed by atoms with Crippen molar-refractivity contribution in [1.82, 2.24) is 15.5 Å². The van der Waals surface area contributed by atoms with E-state index in [-0.39, 0.29) is 24.2 Å². The molecule has 1 aromatic rings. The number of hydrogen-bond donors (Lipinski definition) is 3. The summed E-state index contributed by atoms with van der Waals surface area (Å²) in [6.45, 7) is 0.388. The van der Waals surface area contributed by atoms with Crippen molar-refractivity contribution in [1.29, 1.82) is 0 Å². The number of amides is 2. The van der Waals surface area contributed by atoms with Gasteiger partial charge in [-0.2, -0.15) is 5.10 Å². The van der Waals surface area contributed by atoms with Crippen LogP contribution in [0.25, 0.3) is 0 Å². The van der Waals surface area contributed by atoms with Gasteiger partial charge in [-0.25, -0.2) is 0 Å². The molecule has 6 heteroatoms. The lowest BCUT2D eigenvalue weighted by atomic mass is 10.1. The van der Waals surface area contributed by atoms with Gasteiger partial charge in [0.25, 0.3) is 0 Å². The van der Waals surface area contributed by atoms with Gasteiger partial charge in [-0.15, -0.1) is 0 Å². The van der Waals surface area contributed by atoms with E-state index in [2.05, 4.69) is 20.8 Å². The molecule has 1 aliphatic rings. The zero-order valence-electron chi connectivity index (χ0n) is 10.2. The maximum atomic E-state index is 11.7. The summed E-state index contributed by atoms with van der Waals surface area (Å²) in [5, 5.41) is 11.8. The molecule has 0 aromatic carbocycles. The highest BCUT2D eigenvalue weighted by molar-refractivity contribution is 5.90. The van der Waals surface area contributed by atoms with E-state index in [9.17, 15) is 9.59 Å². The highest BCUT2D eigenvalue weighted by Crippen LogP contribution is 2.24. The maximum absolute atomic E-state index is 11.7. The summed E-state index contributed by atoms with van der Waals surface area (Å²) < 4.78 is 0. The Balaban J connectivity index is 1.62. The number of carbonyl (C=O) groups is 2. The highest BCUT2D eigenvalue weighted by Gasteiger charge is 2.22. The third kappa shape index (κ3) is 3.58. The van der Waals surface area contributed by atoms with Crippen LogP contribution in [0.15, 0.2) is 12.4 Å². The van der Waals surface area contributed by atoms with Crippen LogP contribution in [0.5, 0.6) is 0 Å². The van der Waals surface area contributed by atoms with Crippen molar-refractivity contribution in [2.45, 2.75) is 32.1 Å². The van der Waals surface area contributed by atoms with Crippen LogP contribution in [-0.2, 0) is 9.59 Å². The summed E-state index contributed by atoms with van der Waals surface area (Å²) in [5.74, 6) is 0.119. The van der Waals surface area contributed by atoms with Crippen molar-refractivity contribution in [2.24, 2.45) is 5.92 Å². The number of anilines is 1. The minimum absolute atomic E-state index is 0.0867. The lowest BCUT2D eigenvalue weighted by Gasteiger charge is -2.09. The molecule has 1 aliphatic carbocycles. The Kier molecular flexibility index (Phi) is 4.33. The monoisotopic (exact) mass is 250 g/mol. The molecule has 1 fully saturated rings. The fraction of sp³-hybridized carbons (Fsp3) is 0.583. The zero-order chi connectivity index (χ0) is 12.8. The average molecular weight is 250 g/mol. The average Bonchev–Trinajstić information content (AvgIpc) is 3.00. The van der Waals surface area contributed by atoms with Crippen LogP contribution in [0.4, 0.5) is 5.69 Å². The first-order chi connectivity index (χ1) is 8.75. The van der Waals surface area contributed by atoms with Crippen LogP contribution >= 0.6 is 0 Å². The second-order valence-corrected chi connectivity index (χ2v) is 4.56. The third-order valence-corrected chi connectivity index (χ3v) is 3.16. The summed E-state index contributed by atoms with van der Waals surface area (Å²) in [6.07, 6.45) is 7.66. The van der Waals surface area contributed by atoms with Crippen LogP contribution < -0.4 is 10.6 Å². The Hall–Kier alpha value is -1.85. The largest absolute Gasteiger partial charge is 0.355 e. The first-order valence-corrected chi connectivity index (χ1v) is 6.32. The molecule has 1 aromatic heterocycles. The van der Waals surface area contributed by atoms with E-state index in [1.54, 1.807) is 6.20 Å². The second kappa shape index (κ2) is 6.18. The summed E-state index contributed by atoms with van der Waals surface area (Å²) in [4.78, 5) is 23.2. The van der Waals surface area contributed by atoms with Gasteiger partial charge in [-0.1, -0.05) is 12.8 Å². The minimum atomic E-state index is -0.122. The molecule has 2 amide bonds. The quantitative estimate of drug-likeness (QED) is 0.729. The number of aromatic amines is 1. The van der Waals surface area contributed by atoms with Crippen molar-refractivity contribution in [2.75, 3.05) is 11.9 Å². The molecule has 0 aliphatic heterocycles. The number of aromatic nitrogens is 2. The van der Waals surface area contributed by atoms with Crippen molar-refractivity contribution in [3.05, 3.63) is 12.4 Å². The van der Waals surface area contributed by atoms with Crippen molar-refractivity contribution < 1.29 is 9.59 Å². The predicted octanol–water partition coefficient (Wildman–Crippen LogP) is 1.04. The summed E-state index contributed by atoms with van der Waals surface area (Å²) in [7, 11) is 0. The molecule has 3 N–H and O–H groups in total. The fourth-order valence-corrected chi connectivity index (χ4v) is 2.17. The lowest BCUT2D eigenvalue weighted by Crippen LogP contribution is -2.31.